The van der Waals surface area contributed by atoms with Crippen molar-refractivity contribution in [2.24, 2.45) is 0 Å². The highest BCUT2D eigenvalue weighted by molar-refractivity contribution is 7.92. The first-order chi connectivity index (χ1) is 10.3. The highest BCUT2D eigenvalue weighted by Crippen LogP contribution is 2.26. The maximum atomic E-state index is 13.3. The molecule has 1 N–H and O–H groups in total. The molecule has 22 heavy (non-hydrogen) atoms. The van der Waals surface area contributed by atoms with E-state index in [9.17, 15) is 17.6 Å². The summed E-state index contributed by atoms with van der Waals surface area (Å²) in [6.45, 7) is 1.38. The number of hydrogen-bond donors (Lipinski definition) is 1. The van der Waals surface area contributed by atoms with Crippen LogP contribution >= 0.6 is 0 Å². The number of carbonyl (C=O) groups is 1. The maximum Gasteiger partial charge on any atom is 0.265 e. The molecule has 2 rings (SSSR count). The summed E-state index contributed by atoms with van der Waals surface area (Å²) in [5.41, 5.74) is 0.574. The summed E-state index contributed by atoms with van der Waals surface area (Å²) in [6.07, 6.45) is 0. The third kappa shape index (κ3) is 3.43. The van der Waals surface area contributed by atoms with Gasteiger partial charge >= 0.3 is 0 Å². The first-order valence-electron chi connectivity index (χ1n) is 6.31. The van der Waals surface area contributed by atoms with Crippen molar-refractivity contribution in [2.75, 3.05) is 11.8 Å². The van der Waals surface area contributed by atoms with Crippen molar-refractivity contribution in [3.05, 3.63) is 53.8 Å². The number of sulfonamides is 1. The molecule has 116 valence electrons. The SMILES string of the molecule is COc1ccc(F)cc1S(=O)(=O)Nc1cccc(C(C)=O)c1. The molecule has 0 fully saturated rings. The minimum absolute atomic E-state index is 0.0247. The predicted octanol–water partition coefficient (Wildman–Crippen LogP) is 2.84. The molecule has 0 radical (unpaired) electrons. The van der Waals surface area contributed by atoms with Crippen molar-refractivity contribution in [3.63, 3.8) is 0 Å². The van der Waals surface area contributed by atoms with E-state index >= 15 is 0 Å². The Balaban J connectivity index is 2.42. The van der Waals surface area contributed by atoms with Crippen molar-refractivity contribution in [3.8, 4) is 5.75 Å². The number of Topliss-reactive ketones (excluding diaryl/α,β-unsaturated/α-hetero) is 1. The highest BCUT2D eigenvalue weighted by atomic mass is 32.2. The van der Waals surface area contributed by atoms with Crippen LogP contribution in [0.25, 0.3) is 0 Å². The molecule has 0 atom stereocenters. The third-order valence-corrected chi connectivity index (χ3v) is 4.34. The van der Waals surface area contributed by atoms with Crippen LogP contribution in [0.1, 0.15) is 17.3 Å². The number of carbonyl (C=O) groups excluding carboxylic acids is 1. The molecule has 2 aromatic carbocycles. The zero-order chi connectivity index (χ0) is 16.3. The van der Waals surface area contributed by atoms with E-state index in [2.05, 4.69) is 4.72 Å². The molecular weight excluding hydrogens is 309 g/mol. The second-order valence-corrected chi connectivity index (χ2v) is 6.19. The van der Waals surface area contributed by atoms with Crippen LogP contribution < -0.4 is 9.46 Å². The zero-order valence-electron chi connectivity index (χ0n) is 12.0. The summed E-state index contributed by atoms with van der Waals surface area (Å²) in [5, 5.41) is 0. The average molecular weight is 323 g/mol. The molecule has 0 aliphatic rings. The van der Waals surface area contributed by atoms with Crippen LogP contribution in [0.3, 0.4) is 0 Å². The molecule has 5 nitrogen and oxygen atoms in total. The quantitative estimate of drug-likeness (QED) is 0.859. The second-order valence-electron chi connectivity index (χ2n) is 4.54. The number of rotatable bonds is 5. The summed E-state index contributed by atoms with van der Waals surface area (Å²) in [4.78, 5) is 11.0. The zero-order valence-corrected chi connectivity index (χ0v) is 12.8. The minimum Gasteiger partial charge on any atom is -0.495 e. The third-order valence-electron chi connectivity index (χ3n) is 2.94. The Morgan fingerprint density at radius 1 is 1.18 bits per heavy atom. The lowest BCUT2D eigenvalue weighted by atomic mass is 10.1. The maximum absolute atomic E-state index is 13.3. The van der Waals surface area contributed by atoms with Crippen molar-refractivity contribution in [2.45, 2.75) is 11.8 Å². The Kier molecular flexibility index (Phi) is 4.46. The van der Waals surface area contributed by atoms with Crippen LogP contribution in [0.4, 0.5) is 10.1 Å². The number of hydrogen-bond acceptors (Lipinski definition) is 4. The second kappa shape index (κ2) is 6.15. The van der Waals surface area contributed by atoms with E-state index in [0.717, 1.165) is 12.1 Å². The van der Waals surface area contributed by atoms with Gasteiger partial charge in [-0.05, 0) is 37.3 Å². The van der Waals surface area contributed by atoms with E-state index in [1.807, 2.05) is 0 Å². The van der Waals surface area contributed by atoms with Gasteiger partial charge in [0, 0.05) is 11.3 Å². The van der Waals surface area contributed by atoms with E-state index in [4.69, 9.17) is 4.74 Å². The Morgan fingerprint density at radius 3 is 2.55 bits per heavy atom. The number of halogens is 1. The summed E-state index contributed by atoms with van der Waals surface area (Å²) in [5.74, 6) is -0.861. The Hall–Kier alpha value is -2.41. The van der Waals surface area contributed by atoms with E-state index in [1.165, 1.54) is 32.2 Å². The molecular formula is C15H14FNO4S. The number of anilines is 1. The van der Waals surface area contributed by atoms with Gasteiger partial charge < -0.3 is 4.74 Å². The van der Waals surface area contributed by atoms with Crippen molar-refractivity contribution >= 4 is 21.5 Å². The van der Waals surface area contributed by atoms with Crippen LogP contribution in [-0.4, -0.2) is 21.3 Å². The van der Waals surface area contributed by atoms with Gasteiger partial charge in [0.2, 0.25) is 0 Å². The van der Waals surface area contributed by atoms with E-state index in [0.29, 0.717) is 5.56 Å². The van der Waals surface area contributed by atoms with Gasteiger partial charge in [-0.25, -0.2) is 12.8 Å². The van der Waals surface area contributed by atoms with Crippen LogP contribution in [0.5, 0.6) is 5.75 Å². The summed E-state index contributed by atoms with van der Waals surface area (Å²) in [6, 6.07) is 9.24. The van der Waals surface area contributed by atoms with E-state index in [-0.39, 0.29) is 22.1 Å². The van der Waals surface area contributed by atoms with Crippen LogP contribution in [0.2, 0.25) is 0 Å². The summed E-state index contributed by atoms with van der Waals surface area (Å²) < 4.78 is 45.3. The number of benzene rings is 2. The van der Waals surface area contributed by atoms with Crippen LogP contribution in [0.15, 0.2) is 47.4 Å². The molecule has 0 unspecified atom stereocenters. The Morgan fingerprint density at radius 2 is 1.91 bits per heavy atom. The van der Waals surface area contributed by atoms with E-state index in [1.54, 1.807) is 12.1 Å². The van der Waals surface area contributed by atoms with Crippen LogP contribution in [-0.2, 0) is 10.0 Å². The van der Waals surface area contributed by atoms with Crippen molar-refractivity contribution in [1.82, 2.24) is 0 Å². The van der Waals surface area contributed by atoms with Crippen LogP contribution in [0, 0.1) is 5.82 Å². The highest BCUT2D eigenvalue weighted by Gasteiger charge is 2.20. The molecule has 0 saturated heterocycles. The molecule has 0 aliphatic heterocycles. The van der Waals surface area contributed by atoms with E-state index < -0.39 is 15.8 Å². The number of ketones is 1. The Bertz CT molecular complexity index is 818. The van der Waals surface area contributed by atoms with Gasteiger partial charge in [0.25, 0.3) is 10.0 Å². The lowest BCUT2D eigenvalue weighted by molar-refractivity contribution is 0.101. The van der Waals surface area contributed by atoms with Gasteiger partial charge in [-0.3, -0.25) is 9.52 Å². The Labute approximate surface area is 127 Å². The summed E-state index contributed by atoms with van der Waals surface area (Å²) >= 11 is 0. The lowest BCUT2D eigenvalue weighted by Crippen LogP contribution is -2.14. The molecule has 7 heteroatoms. The minimum atomic E-state index is -4.05. The van der Waals surface area contributed by atoms with Gasteiger partial charge in [-0.15, -0.1) is 0 Å². The molecule has 0 bridgehead atoms. The molecule has 0 spiro atoms. The molecule has 0 aromatic heterocycles. The number of ether oxygens (including phenoxy) is 1. The smallest absolute Gasteiger partial charge is 0.265 e. The molecule has 2 aromatic rings. The number of methoxy groups -OCH3 is 1. The predicted molar refractivity (Wildman–Crippen MR) is 80.2 cm³/mol. The van der Waals surface area contributed by atoms with Gasteiger partial charge in [0.1, 0.15) is 16.5 Å². The molecule has 0 saturated carbocycles. The topological polar surface area (TPSA) is 72.5 Å². The molecule has 0 amide bonds. The van der Waals surface area contributed by atoms with Crippen molar-refractivity contribution in [1.29, 1.82) is 0 Å². The van der Waals surface area contributed by atoms with Gasteiger partial charge in [-0.2, -0.15) is 0 Å². The fourth-order valence-corrected chi connectivity index (χ4v) is 3.10. The lowest BCUT2D eigenvalue weighted by Gasteiger charge is -2.12. The van der Waals surface area contributed by atoms with Gasteiger partial charge in [0.05, 0.1) is 7.11 Å². The molecule has 0 heterocycles. The molecule has 0 aliphatic carbocycles. The fourth-order valence-electron chi connectivity index (χ4n) is 1.87. The van der Waals surface area contributed by atoms with Gasteiger partial charge in [0.15, 0.2) is 5.78 Å². The average Bonchev–Trinajstić information content (AvgIpc) is 2.47. The summed E-state index contributed by atoms with van der Waals surface area (Å²) in [7, 11) is -2.75. The fraction of sp³-hybridized carbons (Fsp3) is 0.133. The standard InChI is InChI=1S/C15H14FNO4S/c1-10(18)11-4-3-5-13(8-11)17-22(19,20)15-9-12(16)6-7-14(15)21-2/h3-9,17H,1-2H3. The van der Waals surface area contributed by atoms with Gasteiger partial charge in [-0.1, -0.05) is 12.1 Å². The normalized spacial score (nSPS) is 11.0. The largest absolute Gasteiger partial charge is 0.495 e. The first kappa shape index (κ1) is 16.0. The monoisotopic (exact) mass is 323 g/mol. The van der Waals surface area contributed by atoms with Crippen molar-refractivity contribution < 1.29 is 22.3 Å². The number of nitrogens with one attached hydrogen (secondary N) is 1. The first-order valence-corrected chi connectivity index (χ1v) is 7.79.